The summed E-state index contributed by atoms with van der Waals surface area (Å²) in [4.78, 5) is 0. The molecule has 124 valence electrons. The molecule has 0 amide bonds. The first-order chi connectivity index (χ1) is 9.72. The van der Waals surface area contributed by atoms with E-state index >= 15 is 0 Å². The Kier molecular flexibility index (Phi) is 9.50. The standard InChI is InChI=1S/C17H29N2Si2.BrH.Mg/c1-15-8-10-16(11-9-15)17(18)7-6-12-19-20(2,3)13-14-21(19,4)5;;/h8-11H,6-7,12-14H2,1-5H3;1H;/q-1;;+2/p-1. The van der Waals surface area contributed by atoms with Gasteiger partial charge in [-0.15, -0.1) is 0 Å². The molecule has 1 heterocycles. The molecule has 0 bridgehead atoms. The second-order valence-corrected chi connectivity index (χ2v) is 17.5. The molecule has 23 heavy (non-hydrogen) atoms. The maximum Gasteiger partial charge on any atom is 2.00 e. The van der Waals surface area contributed by atoms with Crippen LogP contribution in [0.4, 0.5) is 0 Å². The van der Waals surface area contributed by atoms with Gasteiger partial charge in [-0.2, -0.15) is 5.71 Å². The molecule has 1 aliphatic rings. The van der Waals surface area contributed by atoms with E-state index < -0.39 is 16.5 Å². The largest absolute Gasteiger partial charge is 2.00 e. The van der Waals surface area contributed by atoms with Crippen LogP contribution in [0.1, 0.15) is 24.0 Å². The van der Waals surface area contributed by atoms with E-state index in [-0.39, 0.29) is 40.0 Å². The Morgan fingerprint density at radius 3 is 2.00 bits per heavy atom. The Hall–Kier alpha value is 0.530. The minimum atomic E-state index is -1.16. The van der Waals surface area contributed by atoms with E-state index in [1.807, 2.05) is 12.1 Å². The van der Waals surface area contributed by atoms with E-state index in [9.17, 15) is 5.41 Å². The van der Waals surface area contributed by atoms with Crippen molar-refractivity contribution >= 4 is 45.2 Å². The van der Waals surface area contributed by atoms with Crippen LogP contribution in [-0.4, -0.2) is 56.0 Å². The number of benzene rings is 1. The topological polar surface area (TPSA) is 25.5 Å². The summed E-state index contributed by atoms with van der Waals surface area (Å²) in [5.41, 5.74) is 2.77. The van der Waals surface area contributed by atoms with Gasteiger partial charge < -0.3 is 26.6 Å². The van der Waals surface area contributed by atoms with Gasteiger partial charge in [-0.25, -0.2) is 0 Å². The molecule has 1 aromatic rings. The van der Waals surface area contributed by atoms with Gasteiger partial charge >= 0.3 is 23.1 Å². The molecule has 0 aromatic heterocycles. The average Bonchev–Trinajstić information content (AvgIpc) is 2.61. The van der Waals surface area contributed by atoms with Gasteiger partial charge in [0.25, 0.3) is 0 Å². The molecular formula is C17H29BrMgN2Si2. The second-order valence-electron chi connectivity index (χ2n) is 7.69. The Bertz CT molecular complexity index is 502. The predicted octanol–water partition coefficient (Wildman–Crippen LogP) is 1.48. The zero-order valence-electron chi connectivity index (χ0n) is 15.3. The fourth-order valence-electron chi connectivity index (χ4n) is 3.60. The van der Waals surface area contributed by atoms with Crippen molar-refractivity contribution in [2.75, 3.05) is 6.54 Å². The van der Waals surface area contributed by atoms with Gasteiger partial charge in [-0.1, -0.05) is 56.0 Å². The van der Waals surface area contributed by atoms with Crippen molar-refractivity contribution in [1.82, 2.24) is 4.23 Å². The van der Waals surface area contributed by atoms with Crippen molar-refractivity contribution in [3.8, 4) is 0 Å². The van der Waals surface area contributed by atoms with Crippen molar-refractivity contribution < 1.29 is 17.0 Å². The molecule has 0 saturated carbocycles. The third-order valence-electron chi connectivity index (χ3n) is 4.99. The summed E-state index contributed by atoms with van der Waals surface area (Å²) in [7, 11) is -2.32. The number of halogens is 1. The third-order valence-corrected chi connectivity index (χ3v) is 15.4. The Balaban J connectivity index is 0.00000242. The van der Waals surface area contributed by atoms with Crippen LogP contribution in [0.3, 0.4) is 0 Å². The summed E-state index contributed by atoms with van der Waals surface area (Å²) < 4.78 is 2.89. The fourth-order valence-corrected chi connectivity index (χ4v) is 17.8. The van der Waals surface area contributed by atoms with Gasteiger partial charge in [0.2, 0.25) is 0 Å². The van der Waals surface area contributed by atoms with Crippen molar-refractivity contribution in [3.05, 3.63) is 40.8 Å². The van der Waals surface area contributed by atoms with Gasteiger partial charge in [-0.05, 0) is 44.0 Å². The first kappa shape index (κ1) is 23.5. The summed E-state index contributed by atoms with van der Waals surface area (Å²) in [6, 6.07) is 11.1. The van der Waals surface area contributed by atoms with Gasteiger partial charge in [-0.3, -0.25) is 0 Å². The van der Waals surface area contributed by atoms with Crippen LogP contribution < -0.4 is 17.0 Å². The van der Waals surface area contributed by atoms with E-state index in [1.54, 1.807) is 0 Å². The molecule has 1 aliphatic heterocycles. The minimum absolute atomic E-state index is 0. The number of aryl methyl sites for hydroxylation is 1. The van der Waals surface area contributed by atoms with Gasteiger partial charge in [0, 0.05) is 0 Å². The monoisotopic (exact) mass is 420 g/mol. The molecule has 0 spiro atoms. The second kappa shape index (κ2) is 9.29. The Labute approximate surface area is 171 Å². The zero-order valence-corrected chi connectivity index (χ0v) is 20.3. The molecule has 1 saturated heterocycles. The summed E-state index contributed by atoms with van der Waals surface area (Å²) >= 11 is 0. The van der Waals surface area contributed by atoms with Crippen molar-refractivity contribution in [3.63, 3.8) is 0 Å². The molecule has 0 N–H and O–H groups in total. The fraction of sp³-hybridized carbons (Fsp3) is 0.588. The average molecular weight is 422 g/mol. The Morgan fingerprint density at radius 2 is 1.52 bits per heavy atom. The van der Waals surface area contributed by atoms with Gasteiger partial charge in [0.1, 0.15) is 16.5 Å². The molecular weight excluding hydrogens is 393 g/mol. The molecule has 1 aromatic carbocycles. The molecule has 2 rings (SSSR count). The quantitative estimate of drug-likeness (QED) is 0.522. The summed E-state index contributed by atoms with van der Waals surface area (Å²) in [6.45, 7) is 13.3. The van der Waals surface area contributed by atoms with Gasteiger partial charge in [0.05, 0.1) is 0 Å². The number of nitrogens with zero attached hydrogens (tertiary/aromatic N) is 2. The molecule has 1 fully saturated rings. The van der Waals surface area contributed by atoms with Crippen LogP contribution in [0.15, 0.2) is 24.3 Å². The molecule has 2 nitrogen and oxygen atoms in total. The van der Waals surface area contributed by atoms with E-state index in [1.165, 1.54) is 24.2 Å². The van der Waals surface area contributed by atoms with Crippen molar-refractivity contribution in [2.45, 2.75) is 58.0 Å². The van der Waals surface area contributed by atoms with Crippen LogP contribution >= 0.6 is 0 Å². The molecule has 6 heteroatoms. The normalized spacial score (nSPS) is 18.8. The molecule has 0 radical (unpaired) electrons. The van der Waals surface area contributed by atoms with Crippen LogP contribution in [0.2, 0.25) is 38.3 Å². The zero-order chi connectivity index (χ0) is 15.7. The number of hydrogen-bond acceptors (Lipinski definition) is 1. The Morgan fingerprint density at radius 1 is 1.04 bits per heavy atom. The summed E-state index contributed by atoms with van der Waals surface area (Å²) in [5.74, 6) is 0. The van der Waals surface area contributed by atoms with E-state index in [2.05, 4.69) is 49.5 Å². The van der Waals surface area contributed by atoms with E-state index in [0.717, 1.165) is 18.4 Å². The minimum Gasteiger partial charge on any atom is -1.00 e. The van der Waals surface area contributed by atoms with Crippen molar-refractivity contribution in [1.29, 1.82) is 0 Å². The van der Waals surface area contributed by atoms with Crippen LogP contribution in [0.5, 0.6) is 0 Å². The maximum absolute atomic E-state index is 10.3. The van der Waals surface area contributed by atoms with Crippen LogP contribution in [0, 0.1) is 6.92 Å². The molecule has 0 unspecified atom stereocenters. The van der Waals surface area contributed by atoms with E-state index in [0.29, 0.717) is 5.71 Å². The SMILES string of the molecule is Cc1ccc(C(=[N-])CCCN2[Si](C)(C)CC[Si]2(C)C)cc1.[Br-].[Mg+2]. The summed E-state index contributed by atoms with van der Waals surface area (Å²) in [5, 5.41) is 10.3. The summed E-state index contributed by atoms with van der Waals surface area (Å²) in [6.07, 6.45) is 1.88. The first-order valence-corrected chi connectivity index (χ1v) is 14.4. The predicted molar refractivity (Wildman–Crippen MR) is 105 cm³/mol. The van der Waals surface area contributed by atoms with Crippen molar-refractivity contribution in [2.24, 2.45) is 0 Å². The smallest absolute Gasteiger partial charge is 1.00 e. The molecule has 0 atom stereocenters. The number of rotatable bonds is 5. The van der Waals surface area contributed by atoms with Crippen LogP contribution in [0.25, 0.3) is 5.41 Å². The first-order valence-electron chi connectivity index (χ1n) is 8.12. The molecule has 0 aliphatic carbocycles. The third kappa shape index (κ3) is 6.08. The van der Waals surface area contributed by atoms with E-state index in [4.69, 9.17) is 0 Å². The van der Waals surface area contributed by atoms with Crippen LogP contribution in [-0.2, 0) is 0 Å². The van der Waals surface area contributed by atoms with Gasteiger partial charge in [0.15, 0.2) is 0 Å². The maximum atomic E-state index is 10.3. The number of hydrogen-bond donors (Lipinski definition) is 0.